The molecule has 2 rings (SSSR count). The third kappa shape index (κ3) is 5.20. The Labute approximate surface area is 130 Å². The van der Waals surface area contributed by atoms with E-state index in [1.54, 1.807) is 19.1 Å². The van der Waals surface area contributed by atoms with E-state index >= 15 is 0 Å². The van der Waals surface area contributed by atoms with Gasteiger partial charge in [0.05, 0.1) is 0 Å². The molecule has 4 heteroatoms. The monoisotopic (exact) mass is 301 g/mol. The summed E-state index contributed by atoms with van der Waals surface area (Å²) < 4.78 is 18.3. The van der Waals surface area contributed by atoms with Crippen LogP contribution in [0.2, 0.25) is 0 Å². The fraction of sp³-hybridized carbons (Fsp3) is 0.278. The largest absolute Gasteiger partial charge is 0.481 e. The van der Waals surface area contributed by atoms with Crippen molar-refractivity contribution in [2.45, 2.75) is 25.9 Å². The molecule has 2 aromatic rings. The molecule has 0 aliphatic heterocycles. The highest BCUT2D eigenvalue weighted by molar-refractivity contribution is 5.80. The van der Waals surface area contributed by atoms with E-state index in [1.165, 1.54) is 12.1 Å². The summed E-state index contributed by atoms with van der Waals surface area (Å²) in [6, 6.07) is 15.7. The van der Waals surface area contributed by atoms with E-state index in [2.05, 4.69) is 5.32 Å². The van der Waals surface area contributed by atoms with E-state index in [0.29, 0.717) is 12.3 Å². The van der Waals surface area contributed by atoms with E-state index < -0.39 is 6.10 Å². The van der Waals surface area contributed by atoms with Crippen molar-refractivity contribution in [3.63, 3.8) is 0 Å². The second-order valence-corrected chi connectivity index (χ2v) is 5.09. The number of carbonyl (C=O) groups is 1. The predicted molar refractivity (Wildman–Crippen MR) is 84.3 cm³/mol. The molecule has 0 bridgehead atoms. The number of amides is 1. The highest BCUT2D eigenvalue weighted by Gasteiger charge is 2.13. The maximum atomic E-state index is 12.8. The minimum atomic E-state index is -0.534. The van der Waals surface area contributed by atoms with Crippen molar-refractivity contribution in [1.29, 1.82) is 0 Å². The van der Waals surface area contributed by atoms with Gasteiger partial charge in [-0.15, -0.1) is 0 Å². The van der Waals surface area contributed by atoms with Gasteiger partial charge in [-0.05, 0) is 49.6 Å². The molecule has 0 spiro atoms. The van der Waals surface area contributed by atoms with Crippen molar-refractivity contribution >= 4 is 5.91 Å². The Balaban J connectivity index is 1.67. The Morgan fingerprint density at radius 1 is 1.14 bits per heavy atom. The molecule has 1 N–H and O–H groups in total. The average molecular weight is 301 g/mol. The van der Waals surface area contributed by atoms with Gasteiger partial charge < -0.3 is 10.1 Å². The normalized spacial score (nSPS) is 11.7. The van der Waals surface area contributed by atoms with Gasteiger partial charge in [0, 0.05) is 6.54 Å². The number of para-hydroxylation sites is 1. The minimum absolute atomic E-state index is 0.136. The predicted octanol–water partition coefficient (Wildman–Crippen LogP) is 3.34. The molecule has 2 aromatic carbocycles. The molecule has 0 aromatic heterocycles. The summed E-state index contributed by atoms with van der Waals surface area (Å²) in [4.78, 5) is 11.9. The highest BCUT2D eigenvalue weighted by Crippen LogP contribution is 2.10. The number of hydrogen-bond acceptors (Lipinski definition) is 2. The molecule has 1 atom stereocenters. The molecular formula is C18H20FNO2. The van der Waals surface area contributed by atoms with E-state index in [4.69, 9.17) is 4.74 Å². The van der Waals surface area contributed by atoms with Gasteiger partial charge in [0.25, 0.3) is 5.91 Å². The first-order valence-corrected chi connectivity index (χ1v) is 7.39. The molecule has 1 amide bonds. The molecular weight excluding hydrogens is 281 g/mol. The van der Waals surface area contributed by atoms with Crippen LogP contribution in [0, 0.1) is 5.82 Å². The average Bonchev–Trinajstić information content (AvgIpc) is 2.54. The fourth-order valence-corrected chi connectivity index (χ4v) is 2.06. The Bertz CT molecular complexity index is 584. The summed E-state index contributed by atoms with van der Waals surface area (Å²) in [6.45, 7) is 2.29. The van der Waals surface area contributed by atoms with Crippen molar-refractivity contribution in [1.82, 2.24) is 5.32 Å². The zero-order valence-electron chi connectivity index (χ0n) is 12.6. The van der Waals surface area contributed by atoms with Gasteiger partial charge >= 0.3 is 0 Å². The van der Waals surface area contributed by atoms with Crippen molar-refractivity contribution in [2.75, 3.05) is 6.54 Å². The number of aryl methyl sites for hydroxylation is 1. The molecule has 0 heterocycles. The topological polar surface area (TPSA) is 38.3 Å². The number of carbonyl (C=O) groups excluding carboxylic acids is 1. The lowest BCUT2D eigenvalue weighted by molar-refractivity contribution is -0.127. The van der Waals surface area contributed by atoms with Gasteiger partial charge in [-0.2, -0.15) is 0 Å². The Hall–Kier alpha value is -2.36. The van der Waals surface area contributed by atoms with Crippen LogP contribution >= 0.6 is 0 Å². The lowest BCUT2D eigenvalue weighted by atomic mass is 10.1. The van der Waals surface area contributed by atoms with Crippen LogP contribution in [0.15, 0.2) is 54.6 Å². The number of nitrogens with one attached hydrogen (secondary N) is 1. The first kappa shape index (κ1) is 16.0. The molecule has 0 unspecified atom stereocenters. The van der Waals surface area contributed by atoms with Crippen LogP contribution in [0.4, 0.5) is 4.39 Å². The van der Waals surface area contributed by atoms with Crippen LogP contribution in [-0.2, 0) is 11.2 Å². The maximum absolute atomic E-state index is 12.8. The van der Waals surface area contributed by atoms with Crippen molar-refractivity contribution in [2.24, 2.45) is 0 Å². The number of hydrogen-bond donors (Lipinski definition) is 1. The van der Waals surface area contributed by atoms with Crippen LogP contribution in [0.1, 0.15) is 18.9 Å². The number of rotatable bonds is 7. The smallest absolute Gasteiger partial charge is 0.260 e. The summed E-state index contributed by atoms with van der Waals surface area (Å²) in [5, 5.41) is 2.85. The molecule has 0 saturated heterocycles. The highest BCUT2D eigenvalue weighted by atomic mass is 19.1. The number of ether oxygens (including phenoxy) is 1. The molecule has 116 valence electrons. The van der Waals surface area contributed by atoms with Crippen molar-refractivity contribution < 1.29 is 13.9 Å². The minimum Gasteiger partial charge on any atom is -0.481 e. The van der Waals surface area contributed by atoms with Crippen LogP contribution in [0.25, 0.3) is 0 Å². The van der Waals surface area contributed by atoms with Gasteiger partial charge in [-0.3, -0.25) is 4.79 Å². The summed E-state index contributed by atoms with van der Waals surface area (Å²) in [5.74, 6) is 0.309. The quantitative estimate of drug-likeness (QED) is 0.797. The standard InChI is InChI=1S/C18H20FNO2/c1-14(22-17-7-3-2-4-8-17)18(21)20-13-5-6-15-9-11-16(19)12-10-15/h2-4,7-12,14H,5-6,13H2,1H3,(H,20,21)/t14-/m0/s1. The zero-order chi connectivity index (χ0) is 15.8. The van der Waals surface area contributed by atoms with Gasteiger partial charge in [0.15, 0.2) is 6.10 Å². The lowest BCUT2D eigenvalue weighted by Gasteiger charge is -2.14. The van der Waals surface area contributed by atoms with E-state index in [-0.39, 0.29) is 11.7 Å². The summed E-state index contributed by atoms with van der Waals surface area (Å²) in [6.07, 6.45) is 1.07. The molecule has 0 aliphatic rings. The molecule has 22 heavy (non-hydrogen) atoms. The first-order valence-electron chi connectivity index (χ1n) is 7.39. The van der Waals surface area contributed by atoms with E-state index in [0.717, 1.165) is 18.4 Å². The number of benzene rings is 2. The van der Waals surface area contributed by atoms with Gasteiger partial charge in [-0.1, -0.05) is 30.3 Å². The first-order chi connectivity index (χ1) is 10.6. The Morgan fingerprint density at radius 2 is 1.82 bits per heavy atom. The van der Waals surface area contributed by atoms with Gasteiger partial charge in [-0.25, -0.2) is 4.39 Å². The molecule has 0 radical (unpaired) electrons. The van der Waals surface area contributed by atoms with Gasteiger partial charge in [0.1, 0.15) is 11.6 Å². The van der Waals surface area contributed by atoms with E-state index in [1.807, 2.05) is 30.3 Å². The zero-order valence-corrected chi connectivity index (χ0v) is 12.6. The summed E-state index contributed by atoms with van der Waals surface area (Å²) in [7, 11) is 0. The lowest BCUT2D eigenvalue weighted by Crippen LogP contribution is -2.36. The van der Waals surface area contributed by atoms with Crippen molar-refractivity contribution in [3.8, 4) is 5.75 Å². The molecule has 3 nitrogen and oxygen atoms in total. The molecule has 0 fully saturated rings. The van der Waals surface area contributed by atoms with Crippen LogP contribution in [0.3, 0.4) is 0 Å². The van der Waals surface area contributed by atoms with Gasteiger partial charge in [0.2, 0.25) is 0 Å². The SMILES string of the molecule is C[C@H](Oc1ccccc1)C(=O)NCCCc1ccc(F)cc1. The van der Waals surface area contributed by atoms with Crippen molar-refractivity contribution in [3.05, 3.63) is 66.0 Å². The Kier molecular flexibility index (Phi) is 5.95. The third-order valence-electron chi connectivity index (χ3n) is 3.28. The maximum Gasteiger partial charge on any atom is 0.260 e. The molecule has 0 saturated carbocycles. The second-order valence-electron chi connectivity index (χ2n) is 5.09. The fourth-order valence-electron chi connectivity index (χ4n) is 2.06. The number of halogens is 1. The second kappa shape index (κ2) is 8.17. The van der Waals surface area contributed by atoms with Crippen LogP contribution in [-0.4, -0.2) is 18.6 Å². The Morgan fingerprint density at radius 3 is 2.50 bits per heavy atom. The summed E-state index contributed by atoms with van der Waals surface area (Å²) >= 11 is 0. The summed E-state index contributed by atoms with van der Waals surface area (Å²) in [5.41, 5.74) is 1.06. The molecule has 0 aliphatic carbocycles. The van der Waals surface area contributed by atoms with E-state index in [9.17, 15) is 9.18 Å². The third-order valence-corrected chi connectivity index (χ3v) is 3.28. The van der Waals surface area contributed by atoms with Crippen LogP contribution in [0.5, 0.6) is 5.75 Å². The van der Waals surface area contributed by atoms with Crippen LogP contribution < -0.4 is 10.1 Å².